The van der Waals surface area contributed by atoms with Gasteiger partial charge in [-0.15, -0.1) is 0 Å². The quantitative estimate of drug-likeness (QED) is 0.446. The van der Waals surface area contributed by atoms with Crippen LogP contribution < -0.4 is 5.49 Å². The van der Waals surface area contributed by atoms with E-state index in [-0.39, 0.29) is 11.1 Å². The van der Waals surface area contributed by atoms with E-state index in [0.717, 1.165) is 0 Å². The van der Waals surface area contributed by atoms with Gasteiger partial charge in [-0.3, -0.25) is 9.98 Å². The van der Waals surface area contributed by atoms with Crippen molar-refractivity contribution < 1.29 is 20.1 Å². The van der Waals surface area contributed by atoms with Gasteiger partial charge in [0.2, 0.25) is 0 Å². The van der Waals surface area contributed by atoms with Crippen molar-refractivity contribution in [3.05, 3.63) is 23.6 Å². The van der Waals surface area contributed by atoms with Gasteiger partial charge < -0.3 is 25.0 Å². The molecule has 1 fully saturated rings. The van der Waals surface area contributed by atoms with Crippen LogP contribution in [0.2, 0.25) is 0 Å². The van der Waals surface area contributed by atoms with E-state index >= 15 is 0 Å². The zero-order valence-corrected chi connectivity index (χ0v) is 10.8. The van der Waals surface area contributed by atoms with Gasteiger partial charge >= 0.3 is 0 Å². The fraction of sp³-hybridized carbons (Fsp3) is 0.417. The summed E-state index contributed by atoms with van der Waals surface area (Å²) in [6.07, 6.45) is -1.66. The van der Waals surface area contributed by atoms with E-state index in [0.29, 0.717) is 11.0 Å². The summed E-state index contributed by atoms with van der Waals surface area (Å²) in [7, 11) is 0. The Morgan fingerprint density at radius 2 is 2.24 bits per heavy atom. The molecule has 0 unspecified atom stereocenters. The molecule has 0 spiro atoms. The third-order valence-electron chi connectivity index (χ3n) is 3.58. The molecule has 21 heavy (non-hydrogen) atoms. The van der Waals surface area contributed by atoms with Crippen molar-refractivity contribution in [2.75, 3.05) is 6.61 Å². The molecule has 0 aliphatic carbocycles. The number of fused-ring (bicyclic) bond motifs is 1. The Morgan fingerprint density at radius 1 is 1.48 bits per heavy atom. The molecular formula is C12H13N5O4. The summed E-state index contributed by atoms with van der Waals surface area (Å²) in [4.78, 5) is 6.71. The lowest BCUT2D eigenvalue weighted by Gasteiger charge is -2.18. The average Bonchev–Trinajstić information content (AvgIpc) is 3.04. The lowest BCUT2D eigenvalue weighted by atomic mass is 10.1. The predicted molar refractivity (Wildman–Crippen MR) is 67.7 cm³/mol. The van der Waals surface area contributed by atoms with E-state index in [9.17, 15) is 10.2 Å². The monoisotopic (exact) mass is 291 g/mol. The zero-order chi connectivity index (χ0) is 15.1. The third kappa shape index (κ3) is 1.93. The summed E-state index contributed by atoms with van der Waals surface area (Å²) in [5.74, 6) is 0. The first kappa shape index (κ1) is 13.7. The van der Waals surface area contributed by atoms with Crippen LogP contribution >= 0.6 is 0 Å². The van der Waals surface area contributed by atoms with Gasteiger partial charge in [0.1, 0.15) is 36.4 Å². The minimum atomic E-state index is -1.26. The van der Waals surface area contributed by atoms with E-state index in [1.54, 1.807) is 0 Å². The van der Waals surface area contributed by atoms with Crippen molar-refractivity contribution in [1.82, 2.24) is 14.5 Å². The number of hydrogen-bond acceptors (Lipinski definition) is 7. The minimum Gasteiger partial charge on any atom is -0.394 e. The predicted octanol–water partition coefficient (Wildman–Crippen LogP) is -1.67. The number of nitrogens with zero attached hydrogens (tertiary/aromatic N) is 3. The second-order valence-electron chi connectivity index (χ2n) is 4.77. The van der Waals surface area contributed by atoms with Crippen LogP contribution in [0.25, 0.3) is 11.0 Å². The van der Waals surface area contributed by atoms with Crippen molar-refractivity contribution in [2.24, 2.45) is 0 Å². The molecule has 1 aliphatic heterocycles. The zero-order valence-electron chi connectivity index (χ0n) is 10.8. The van der Waals surface area contributed by atoms with Crippen molar-refractivity contribution in [2.45, 2.75) is 24.5 Å². The van der Waals surface area contributed by atoms with Crippen molar-refractivity contribution in [3.63, 3.8) is 0 Å². The molecule has 0 aromatic carbocycles. The van der Waals surface area contributed by atoms with Crippen molar-refractivity contribution >= 4 is 11.0 Å². The SMILES string of the molecule is N#Cc1c[nH]c2c1c(=N)ncn2[C@@H]1O[C@H](CO)[C@@H](O)[C@H]1O. The highest BCUT2D eigenvalue weighted by molar-refractivity contribution is 5.81. The average molecular weight is 291 g/mol. The molecule has 110 valence electrons. The van der Waals surface area contributed by atoms with Gasteiger partial charge in [0.05, 0.1) is 17.6 Å². The Balaban J connectivity index is 2.15. The van der Waals surface area contributed by atoms with Crippen LogP contribution in [0.15, 0.2) is 12.5 Å². The summed E-state index contributed by atoms with van der Waals surface area (Å²) in [5.41, 5.74) is 0.552. The first-order valence-corrected chi connectivity index (χ1v) is 6.24. The summed E-state index contributed by atoms with van der Waals surface area (Å²) in [6, 6.07) is 1.95. The summed E-state index contributed by atoms with van der Waals surface area (Å²) in [5, 5.41) is 46.1. The number of aliphatic hydroxyl groups excluding tert-OH is 3. The standard InChI is InChI=1S/C12H13N5O4/c13-1-5-2-15-11-7(5)10(14)16-4-17(11)12-9(20)8(19)6(3-18)21-12/h2,4,6,8-9,12,14-15,18-20H,3H2/t6-,8-,9-,12-/m1/s1. The number of hydrogen-bond donors (Lipinski definition) is 5. The Morgan fingerprint density at radius 3 is 2.86 bits per heavy atom. The molecule has 0 saturated carbocycles. The van der Waals surface area contributed by atoms with E-state index in [4.69, 9.17) is 20.5 Å². The van der Waals surface area contributed by atoms with E-state index in [1.165, 1.54) is 17.1 Å². The summed E-state index contributed by atoms with van der Waals surface area (Å²) >= 11 is 0. The van der Waals surface area contributed by atoms with Crippen LogP contribution in [0, 0.1) is 16.7 Å². The van der Waals surface area contributed by atoms with Gasteiger partial charge in [-0.2, -0.15) is 5.26 Å². The molecule has 0 amide bonds. The Kier molecular flexibility index (Phi) is 3.23. The number of rotatable bonds is 2. The smallest absolute Gasteiger partial charge is 0.165 e. The molecule has 3 rings (SSSR count). The third-order valence-corrected chi connectivity index (χ3v) is 3.58. The minimum absolute atomic E-state index is 0.0780. The summed E-state index contributed by atoms with van der Waals surface area (Å²) in [6.45, 7) is -0.434. The maximum atomic E-state index is 10.0. The molecule has 1 saturated heterocycles. The molecular weight excluding hydrogens is 278 g/mol. The van der Waals surface area contributed by atoms with E-state index in [2.05, 4.69) is 9.97 Å². The van der Waals surface area contributed by atoms with E-state index < -0.39 is 31.1 Å². The highest BCUT2D eigenvalue weighted by Crippen LogP contribution is 2.30. The number of ether oxygens (including phenoxy) is 1. The normalized spacial score (nSPS) is 28.9. The fourth-order valence-electron chi connectivity index (χ4n) is 2.49. The van der Waals surface area contributed by atoms with Gasteiger partial charge in [-0.25, -0.2) is 4.98 Å². The van der Waals surface area contributed by atoms with Gasteiger partial charge in [0.15, 0.2) is 11.7 Å². The van der Waals surface area contributed by atoms with Crippen molar-refractivity contribution in [1.29, 1.82) is 10.7 Å². The first-order chi connectivity index (χ1) is 10.1. The van der Waals surface area contributed by atoms with Crippen LogP contribution in [0.1, 0.15) is 11.8 Å². The van der Waals surface area contributed by atoms with Gasteiger partial charge in [0.25, 0.3) is 0 Å². The molecule has 1 aliphatic rings. The van der Waals surface area contributed by atoms with Crippen LogP contribution in [-0.4, -0.2) is 54.8 Å². The highest BCUT2D eigenvalue weighted by atomic mass is 16.6. The molecule has 4 atom stereocenters. The molecule has 5 N–H and O–H groups in total. The lowest BCUT2D eigenvalue weighted by molar-refractivity contribution is -0.0515. The number of aromatic amines is 1. The number of H-pyrrole nitrogens is 1. The maximum Gasteiger partial charge on any atom is 0.165 e. The van der Waals surface area contributed by atoms with Gasteiger partial charge in [0, 0.05) is 6.20 Å². The molecule has 0 bridgehead atoms. The van der Waals surface area contributed by atoms with Gasteiger partial charge in [-0.1, -0.05) is 0 Å². The lowest BCUT2D eigenvalue weighted by Crippen LogP contribution is -2.33. The largest absolute Gasteiger partial charge is 0.394 e. The molecule has 9 nitrogen and oxygen atoms in total. The maximum absolute atomic E-state index is 10.0. The van der Waals surface area contributed by atoms with Gasteiger partial charge in [-0.05, 0) is 0 Å². The van der Waals surface area contributed by atoms with E-state index in [1.807, 2.05) is 6.07 Å². The van der Waals surface area contributed by atoms with Crippen LogP contribution in [0.5, 0.6) is 0 Å². The number of nitriles is 1. The topological polar surface area (TPSA) is 151 Å². The first-order valence-electron chi connectivity index (χ1n) is 6.24. The van der Waals surface area contributed by atoms with Crippen LogP contribution in [0.3, 0.4) is 0 Å². The molecule has 2 aromatic heterocycles. The van der Waals surface area contributed by atoms with Crippen molar-refractivity contribution in [3.8, 4) is 6.07 Å². The Bertz CT molecular complexity index is 776. The number of aromatic nitrogens is 3. The molecule has 9 heteroatoms. The van der Waals surface area contributed by atoms with Crippen LogP contribution in [-0.2, 0) is 4.74 Å². The summed E-state index contributed by atoms with van der Waals surface area (Å²) < 4.78 is 6.82. The molecule has 0 radical (unpaired) electrons. The second-order valence-corrected chi connectivity index (χ2v) is 4.77. The molecule has 2 aromatic rings. The Labute approximate surface area is 118 Å². The highest BCUT2D eigenvalue weighted by Gasteiger charge is 2.43. The number of aliphatic hydroxyl groups is 3. The number of nitrogens with one attached hydrogen (secondary N) is 2. The second kappa shape index (κ2) is 4.94. The molecule has 3 heterocycles. The van der Waals surface area contributed by atoms with Crippen LogP contribution in [0.4, 0.5) is 0 Å². The Hall–Kier alpha value is -2.25. The fourth-order valence-corrected chi connectivity index (χ4v) is 2.49.